The standard InChI is InChI=1S/C8H4N2O3/c11-6-1-4-5(2-7(6)12)9-3-10-8(4)13/h1-2H,(H2,11,12,13)/p+1. The summed E-state index contributed by atoms with van der Waals surface area (Å²) in [5, 5.41) is 18.4. The van der Waals surface area contributed by atoms with E-state index < -0.39 is 5.56 Å². The summed E-state index contributed by atoms with van der Waals surface area (Å²) < 4.78 is 0. The summed E-state index contributed by atoms with van der Waals surface area (Å²) in [6.07, 6.45) is 2.27. The molecular weight excluding hydrogens is 172 g/mol. The van der Waals surface area contributed by atoms with E-state index in [-0.39, 0.29) is 16.9 Å². The average Bonchev–Trinajstić information content (AvgIpc) is 2.09. The Kier molecular flexibility index (Phi) is 1.36. The molecule has 64 valence electrons. The van der Waals surface area contributed by atoms with Crippen molar-refractivity contribution in [1.82, 2.24) is 4.98 Å². The molecule has 0 aliphatic heterocycles. The molecule has 5 heteroatoms. The van der Waals surface area contributed by atoms with Crippen molar-refractivity contribution >= 4 is 10.9 Å². The molecular formula is C8H5N2O3+. The first-order chi connectivity index (χ1) is 6.18. The van der Waals surface area contributed by atoms with Crippen molar-refractivity contribution in [3.05, 3.63) is 28.8 Å². The van der Waals surface area contributed by atoms with Crippen LogP contribution < -0.4 is 10.5 Å². The van der Waals surface area contributed by atoms with Crippen LogP contribution in [0.5, 0.6) is 11.5 Å². The quantitative estimate of drug-likeness (QED) is 0.466. The molecule has 0 atom stereocenters. The van der Waals surface area contributed by atoms with Gasteiger partial charge in [0, 0.05) is 12.1 Å². The van der Waals surface area contributed by atoms with E-state index in [9.17, 15) is 4.79 Å². The Morgan fingerprint density at radius 2 is 2.00 bits per heavy atom. The van der Waals surface area contributed by atoms with Gasteiger partial charge in [-0.05, 0) is 0 Å². The number of aromatic nitrogens is 2. The maximum atomic E-state index is 11.1. The van der Waals surface area contributed by atoms with Gasteiger partial charge < -0.3 is 10.2 Å². The number of aromatic amines is 1. The highest BCUT2D eigenvalue weighted by molar-refractivity contribution is 5.78. The maximum absolute atomic E-state index is 11.1. The first-order valence-electron chi connectivity index (χ1n) is 3.50. The van der Waals surface area contributed by atoms with Crippen molar-refractivity contribution in [2.24, 2.45) is 0 Å². The van der Waals surface area contributed by atoms with Crippen LogP contribution in [-0.2, 0) is 0 Å². The largest absolute Gasteiger partial charge is 0.504 e. The summed E-state index contributed by atoms with van der Waals surface area (Å²) in [6.45, 7) is 0. The second-order valence-electron chi connectivity index (χ2n) is 2.54. The molecule has 0 saturated heterocycles. The van der Waals surface area contributed by atoms with Crippen molar-refractivity contribution < 1.29 is 15.2 Å². The number of rotatable bonds is 0. The fourth-order valence-electron chi connectivity index (χ4n) is 1.05. The second-order valence-corrected chi connectivity index (χ2v) is 2.54. The number of benzene rings is 1. The number of nitrogens with one attached hydrogen (secondary N) is 1. The van der Waals surface area contributed by atoms with E-state index in [0.29, 0.717) is 5.52 Å². The van der Waals surface area contributed by atoms with E-state index in [2.05, 4.69) is 16.3 Å². The highest BCUT2D eigenvalue weighted by Crippen LogP contribution is 2.25. The SMILES string of the molecule is O=c1[nH]c#[n+]c2cc(O)c(O)cc12. The van der Waals surface area contributed by atoms with Gasteiger partial charge in [0.2, 0.25) is 0 Å². The smallest absolute Gasteiger partial charge is 0.383 e. The van der Waals surface area contributed by atoms with Gasteiger partial charge >= 0.3 is 11.9 Å². The van der Waals surface area contributed by atoms with E-state index in [1.165, 1.54) is 6.07 Å². The van der Waals surface area contributed by atoms with Gasteiger partial charge in [-0.3, -0.25) is 0 Å². The highest BCUT2D eigenvalue weighted by atomic mass is 16.3. The lowest BCUT2D eigenvalue weighted by molar-refractivity contribution is -0.261. The summed E-state index contributed by atoms with van der Waals surface area (Å²) in [5.74, 6) is -0.648. The van der Waals surface area contributed by atoms with Gasteiger partial charge in [-0.15, -0.1) is 0 Å². The number of phenols is 2. The Labute approximate surface area is 72.3 Å². The zero-order chi connectivity index (χ0) is 9.42. The minimum absolute atomic E-state index is 0.217. The van der Waals surface area contributed by atoms with E-state index in [0.717, 1.165) is 6.07 Å². The molecule has 1 aromatic heterocycles. The zero-order valence-corrected chi connectivity index (χ0v) is 6.40. The fourth-order valence-corrected chi connectivity index (χ4v) is 1.05. The summed E-state index contributed by atoms with van der Waals surface area (Å²) >= 11 is 0. The topological polar surface area (TPSA) is 87.4 Å². The van der Waals surface area contributed by atoms with Crippen molar-refractivity contribution in [3.63, 3.8) is 0 Å². The summed E-state index contributed by atoms with van der Waals surface area (Å²) in [5.41, 5.74) is -0.112. The van der Waals surface area contributed by atoms with Gasteiger partial charge in [0.25, 0.3) is 5.52 Å². The van der Waals surface area contributed by atoms with Crippen LogP contribution in [0.3, 0.4) is 0 Å². The van der Waals surface area contributed by atoms with Gasteiger partial charge in [-0.1, -0.05) is 0 Å². The van der Waals surface area contributed by atoms with Crippen LogP contribution in [0.4, 0.5) is 0 Å². The van der Waals surface area contributed by atoms with Gasteiger partial charge in [0.1, 0.15) is 5.39 Å². The minimum atomic E-state index is -0.402. The molecule has 0 unspecified atom stereocenters. The third-order valence-corrected chi connectivity index (χ3v) is 1.68. The van der Waals surface area contributed by atoms with Gasteiger partial charge in [0.15, 0.2) is 11.5 Å². The third kappa shape index (κ3) is 1.05. The first kappa shape index (κ1) is 7.43. The molecule has 0 fully saturated rings. The van der Waals surface area contributed by atoms with Crippen LogP contribution in [0.15, 0.2) is 16.9 Å². The van der Waals surface area contributed by atoms with Crippen molar-refractivity contribution in [2.75, 3.05) is 0 Å². The third-order valence-electron chi connectivity index (χ3n) is 1.68. The Hall–Kier alpha value is -2.22. The Morgan fingerprint density at radius 3 is 2.77 bits per heavy atom. The van der Waals surface area contributed by atoms with Crippen LogP contribution in [0.2, 0.25) is 0 Å². The van der Waals surface area contributed by atoms with Crippen LogP contribution in [-0.4, -0.2) is 15.2 Å². The van der Waals surface area contributed by atoms with Crippen molar-refractivity contribution in [1.29, 1.82) is 0 Å². The molecule has 2 rings (SSSR count). The lowest BCUT2D eigenvalue weighted by atomic mass is 10.2. The molecule has 0 aliphatic rings. The predicted octanol–water partition coefficient (Wildman–Crippen LogP) is -0.661. The number of nitrogens with zero attached hydrogens (tertiary/aromatic N) is 1. The molecule has 0 aliphatic carbocycles. The van der Waals surface area contributed by atoms with E-state index in [1.807, 2.05) is 0 Å². The molecule has 0 radical (unpaired) electrons. The number of hydrogen-bond acceptors (Lipinski definition) is 3. The molecule has 2 aromatic rings. The molecule has 5 nitrogen and oxygen atoms in total. The Bertz CT molecular complexity index is 518. The second kappa shape index (κ2) is 2.38. The van der Waals surface area contributed by atoms with E-state index >= 15 is 0 Å². The molecule has 1 heterocycles. The number of H-pyrrole nitrogens is 1. The van der Waals surface area contributed by atoms with Gasteiger partial charge in [-0.2, -0.15) is 9.97 Å². The summed E-state index contributed by atoms with van der Waals surface area (Å²) in [4.78, 5) is 17.1. The number of phenolic OH excluding ortho intramolecular Hbond substituents is 2. The molecule has 0 spiro atoms. The normalized spacial score (nSPS) is 9.85. The fraction of sp³-hybridized carbons (Fsp3) is 0. The lowest BCUT2D eigenvalue weighted by Crippen LogP contribution is -2.09. The monoisotopic (exact) mass is 177 g/mol. The van der Waals surface area contributed by atoms with E-state index in [4.69, 9.17) is 10.2 Å². The van der Waals surface area contributed by atoms with Crippen molar-refractivity contribution in [2.45, 2.75) is 0 Å². The van der Waals surface area contributed by atoms with Gasteiger partial charge in [0.05, 0.1) is 0 Å². The molecule has 0 bridgehead atoms. The first-order valence-corrected chi connectivity index (χ1v) is 3.50. The molecule has 0 saturated carbocycles. The Morgan fingerprint density at radius 1 is 1.31 bits per heavy atom. The van der Waals surface area contributed by atoms with Crippen LogP contribution in [0.25, 0.3) is 10.9 Å². The lowest BCUT2D eigenvalue weighted by Gasteiger charge is -1.93. The number of aromatic hydroxyl groups is 2. The average molecular weight is 177 g/mol. The van der Waals surface area contributed by atoms with Crippen molar-refractivity contribution in [3.8, 4) is 11.5 Å². The maximum Gasteiger partial charge on any atom is 0.383 e. The summed E-state index contributed by atoms with van der Waals surface area (Å²) in [7, 11) is 0. The van der Waals surface area contributed by atoms with Crippen LogP contribution in [0, 0.1) is 6.33 Å². The number of fused-ring (bicyclic) bond motifs is 1. The van der Waals surface area contributed by atoms with Crippen LogP contribution >= 0.6 is 0 Å². The van der Waals surface area contributed by atoms with Crippen LogP contribution in [0.1, 0.15) is 0 Å². The minimum Gasteiger partial charge on any atom is -0.504 e. The highest BCUT2D eigenvalue weighted by Gasteiger charge is 2.10. The molecule has 3 N–H and O–H groups in total. The zero-order valence-electron chi connectivity index (χ0n) is 6.40. The molecule has 0 amide bonds. The molecule has 1 aromatic carbocycles. The number of hydrogen-bond donors (Lipinski definition) is 3. The summed E-state index contributed by atoms with van der Waals surface area (Å²) in [6, 6.07) is 2.36. The molecule has 13 heavy (non-hydrogen) atoms. The van der Waals surface area contributed by atoms with E-state index in [1.54, 1.807) is 0 Å². The van der Waals surface area contributed by atoms with Gasteiger partial charge in [-0.25, -0.2) is 4.79 Å². The Balaban J connectivity index is 2.97. The predicted molar refractivity (Wildman–Crippen MR) is 42.3 cm³/mol.